The van der Waals surface area contributed by atoms with E-state index in [9.17, 15) is 0 Å². The maximum absolute atomic E-state index is 6.20. The summed E-state index contributed by atoms with van der Waals surface area (Å²) in [4.78, 5) is 8.90. The normalized spacial score (nSPS) is 11.2. The van der Waals surface area contributed by atoms with Crippen LogP contribution in [0.25, 0.3) is 0 Å². The monoisotopic (exact) mass is 307 g/mol. The Hall–Kier alpha value is -1.62. The molecule has 6 heteroatoms. The molecule has 21 heavy (non-hydrogen) atoms. The number of nitrogens with one attached hydrogen (secondary N) is 1. The van der Waals surface area contributed by atoms with Crippen molar-refractivity contribution in [3.05, 3.63) is 34.0 Å². The summed E-state index contributed by atoms with van der Waals surface area (Å²) in [5, 5.41) is 8.32. The van der Waals surface area contributed by atoms with E-state index in [0.29, 0.717) is 11.7 Å². The molecule has 0 aliphatic carbocycles. The molecule has 0 fully saturated rings. The van der Waals surface area contributed by atoms with Crippen LogP contribution in [-0.4, -0.2) is 19.7 Å². The van der Waals surface area contributed by atoms with Crippen molar-refractivity contribution in [2.45, 2.75) is 46.6 Å². The minimum absolute atomic E-state index is 0.244. The SMILES string of the molecule is CCc1nn(C)cc1CNc1nc(C(C)C)nc(Cl)c1C. The number of rotatable bonds is 5. The molecular weight excluding hydrogens is 286 g/mol. The standard InChI is InChI=1S/C15H22ClN5/c1-6-12-11(8-21(5)20-12)7-17-15-10(4)13(16)18-14(19-15)9(2)3/h8-9H,6-7H2,1-5H3,(H,17,18,19). The van der Waals surface area contributed by atoms with Crippen LogP contribution in [0.1, 0.15) is 49.3 Å². The Kier molecular flexibility index (Phi) is 4.83. The molecule has 2 aromatic rings. The summed E-state index contributed by atoms with van der Waals surface area (Å²) in [7, 11) is 1.94. The van der Waals surface area contributed by atoms with Crippen LogP contribution in [0.15, 0.2) is 6.20 Å². The Labute approximate surface area is 130 Å². The molecule has 0 spiro atoms. The van der Waals surface area contributed by atoms with Crippen LogP contribution in [0.4, 0.5) is 5.82 Å². The highest BCUT2D eigenvalue weighted by Crippen LogP contribution is 2.23. The summed E-state index contributed by atoms with van der Waals surface area (Å²) < 4.78 is 1.84. The van der Waals surface area contributed by atoms with Crippen LogP contribution in [-0.2, 0) is 20.0 Å². The third-order valence-electron chi connectivity index (χ3n) is 3.39. The fraction of sp³-hybridized carbons (Fsp3) is 0.533. The van der Waals surface area contributed by atoms with E-state index in [1.54, 1.807) is 0 Å². The molecule has 0 saturated carbocycles. The molecule has 0 aliphatic heterocycles. The summed E-state index contributed by atoms with van der Waals surface area (Å²) in [5.74, 6) is 1.80. The van der Waals surface area contributed by atoms with E-state index in [1.165, 1.54) is 5.56 Å². The van der Waals surface area contributed by atoms with Gasteiger partial charge in [-0.25, -0.2) is 9.97 Å². The van der Waals surface area contributed by atoms with Gasteiger partial charge in [-0.3, -0.25) is 4.68 Å². The Morgan fingerprint density at radius 1 is 1.33 bits per heavy atom. The maximum Gasteiger partial charge on any atom is 0.137 e. The molecule has 114 valence electrons. The molecule has 0 atom stereocenters. The number of anilines is 1. The molecule has 0 saturated heterocycles. The minimum atomic E-state index is 0.244. The van der Waals surface area contributed by atoms with Gasteiger partial charge in [0.15, 0.2) is 0 Å². The first-order chi connectivity index (χ1) is 9.92. The van der Waals surface area contributed by atoms with E-state index in [1.807, 2.05) is 24.9 Å². The average Bonchev–Trinajstić information content (AvgIpc) is 2.80. The van der Waals surface area contributed by atoms with Crippen LogP contribution in [0.3, 0.4) is 0 Å². The lowest BCUT2D eigenvalue weighted by atomic mass is 10.2. The zero-order valence-corrected chi connectivity index (χ0v) is 14.0. The zero-order chi connectivity index (χ0) is 15.6. The molecule has 5 nitrogen and oxygen atoms in total. The van der Waals surface area contributed by atoms with Crippen molar-refractivity contribution in [3.8, 4) is 0 Å². The highest BCUT2D eigenvalue weighted by Gasteiger charge is 2.13. The van der Waals surface area contributed by atoms with E-state index in [4.69, 9.17) is 11.6 Å². The third kappa shape index (κ3) is 3.53. The Morgan fingerprint density at radius 2 is 2.05 bits per heavy atom. The van der Waals surface area contributed by atoms with Crippen molar-refractivity contribution in [1.82, 2.24) is 19.7 Å². The largest absolute Gasteiger partial charge is 0.365 e. The van der Waals surface area contributed by atoms with Gasteiger partial charge in [-0.1, -0.05) is 32.4 Å². The highest BCUT2D eigenvalue weighted by molar-refractivity contribution is 6.30. The van der Waals surface area contributed by atoms with Gasteiger partial charge >= 0.3 is 0 Å². The van der Waals surface area contributed by atoms with Crippen molar-refractivity contribution >= 4 is 17.4 Å². The quantitative estimate of drug-likeness (QED) is 0.859. The van der Waals surface area contributed by atoms with E-state index in [2.05, 4.69) is 41.2 Å². The summed E-state index contributed by atoms with van der Waals surface area (Å²) in [6, 6.07) is 0. The van der Waals surface area contributed by atoms with Crippen molar-refractivity contribution < 1.29 is 0 Å². The van der Waals surface area contributed by atoms with Crippen LogP contribution in [0.5, 0.6) is 0 Å². The van der Waals surface area contributed by atoms with Crippen LogP contribution in [0.2, 0.25) is 5.15 Å². The van der Waals surface area contributed by atoms with Crippen LogP contribution < -0.4 is 5.32 Å². The van der Waals surface area contributed by atoms with E-state index < -0.39 is 0 Å². The van der Waals surface area contributed by atoms with Crippen molar-refractivity contribution in [2.75, 3.05) is 5.32 Å². The molecule has 0 aliphatic rings. The third-order valence-corrected chi connectivity index (χ3v) is 3.76. The molecule has 0 bridgehead atoms. The predicted molar refractivity (Wildman–Crippen MR) is 85.8 cm³/mol. The molecule has 2 aromatic heterocycles. The first kappa shape index (κ1) is 15.8. The number of aromatic nitrogens is 4. The molecule has 2 heterocycles. The average molecular weight is 308 g/mol. The molecule has 1 N–H and O–H groups in total. The predicted octanol–water partition coefficient (Wildman–Crippen LogP) is 3.47. The first-order valence-electron chi connectivity index (χ1n) is 7.21. The molecular formula is C15H22ClN5. The molecule has 0 unspecified atom stereocenters. The van der Waals surface area contributed by atoms with Crippen molar-refractivity contribution in [2.24, 2.45) is 7.05 Å². The molecule has 2 rings (SSSR count). The number of halogens is 1. The van der Waals surface area contributed by atoms with Crippen molar-refractivity contribution in [3.63, 3.8) is 0 Å². The van der Waals surface area contributed by atoms with Crippen LogP contribution >= 0.6 is 11.6 Å². The summed E-state index contributed by atoms with van der Waals surface area (Å²) in [5.41, 5.74) is 3.16. The number of aryl methyl sites for hydroxylation is 2. The second-order valence-corrected chi connectivity index (χ2v) is 5.84. The van der Waals surface area contributed by atoms with Gasteiger partial charge in [-0.2, -0.15) is 5.10 Å². The fourth-order valence-electron chi connectivity index (χ4n) is 2.14. The van der Waals surface area contributed by atoms with E-state index >= 15 is 0 Å². The van der Waals surface area contributed by atoms with Crippen molar-refractivity contribution in [1.29, 1.82) is 0 Å². The zero-order valence-electron chi connectivity index (χ0n) is 13.2. The van der Waals surface area contributed by atoms with E-state index in [-0.39, 0.29) is 5.92 Å². The first-order valence-corrected chi connectivity index (χ1v) is 7.59. The van der Waals surface area contributed by atoms with Gasteiger partial charge in [0.05, 0.1) is 5.69 Å². The molecule has 0 radical (unpaired) electrons. The lowest BCUT2D eigenvalue weighted by molar-refractivity contribution is 0.746. The summed E-state index contributed by atoms with van der Waals surface area (Å²) in [6.45, 7) is 8.83. The van der Waals surface area contributed by atoms with E-state index in [0.717, 1.165) is 29.3 Å². The van der Waals surface area contributed by atoms with Crippen LogP contribution in [0, 0.1) is 6.92 Å². The summed E-state index contributed by atoms with van der Waals surface area (Å²) >= 11 is 6.20. The number of hydrogen-bond acceptors (Lipinski definition) is 4. The van der Waals surface area contributed by atoms with Gasteiger partial charge in [-0.15, -0.1) is 0 Å². The Morgan fingerprint density at radius 3 is 2.67 bits per heavy atom. The fourth-order valence-corrected chi connectivity index (χ4v) is 2.32. The lowest BCUT2D eigenvalue weighted by Crippen LogP contribution is -2.08. The molecule has 0 amide bonds. The second kappa shape index (κ2) is 6.43. The minimum Gasteiger partial charge on any atom is -0.365 e. The summed E-state index contributed by atoms with van der Waals surface area (Å²) in [6.07, 6.45) is 2.95. The van der Waals surface area contributed by atoms with Gasteiger partial charge in [-0.05, 0) is 13.3 Å². The van der Waals surface area contributed by atoms with Gasteiger partial charge in [0, 0.05) is 36.8 Å². The number of hydrogen-bond donors (Lipinski definition) is 1. The van der Waals surface area contributed by atoms with Gasteiger partial charge < -0.3 is 5.32 Å². The highest BCUT2D eigenvalue weighted by atomic mass is 35.5. The van der Waals surface area contributed by atoms with Gasteiger partial charge in [0.25, 0.3) is 0 Å². The smallest absolute Gasteiger partial charge is 0.137 e. The Balaban J connectivity index is 2.23. The topological polar surface area (TPSA) is 55.6 Å². The molecule has 0 aromatic carbocycles. The lowest BCUT2D eigenvalue weighted by Gasteiger charge is -2.12. The van der Waals surface area contributed by atoms with Gasteiger partial charge in [0.1, 0.15) is 16.8 Å². The Bertz CT molecular complexity index is 633. The van der Waals surface area contributed by atoms with Gasteiger partial charge in [0.2, 0.25) is 0 Å². The second-order valence-electron chi connectivity index (χ2n) is 5.48. The number of nitrogens with zero attached hydrogens (tertiary/aromatic N) is 4. The maximum atomic E-state index is 6.20.